The fourth-order valence-electron chi connectivity index (χ4n) is 3.91. The number of nitrogens with zero attached hydrogens (tertiary/aromatic N) is 3. The van der Waals surface area contributed by atoms with Crippen molar-refractivity contribution in [2.45, 2.75) is 13.1 Å². The predicted octanol–water partition coefficient (Wildman–Crippen LogP) is 3.78. The van der Waals surface area contributed by atoms with Crippen LogP contribution in [0.3, 0.4) is 0 Å². The van der Waals surface area contributed by atoms with E-state index in [0.29, 0.717) is 30.2 Å². The molecular formula is C26H29N3O4. The smallest absolute Gasteiger partial charge is 0.254 e. The molecule has 3 aromatic rings. The first-order valence-corrected chi connectivity index (χ1v) is 11.0. The molecule has 1 amide bonds. The second-order valence-corrected chi connectivity index (χ2v) is 7.82. The summed E-state index contributed by atoms with van der Waals surface area (Å²) in [6, 6.07) is 19.2. The summed E-state index contributed by atoms with van der Waals surface area (Å²) in [6.07, 6.45) is 1.74. The molecule has 0 radical (unpaired) electrons. The van der Waals surface area contributed by atoms with Gasteiger partial charge in [-0.1, -0.05) is 12.1 Å². The van der Waals surface area contributed by atoms with Gasteiger partial charge in [-0.25, -0.2) is 0 Å². The van der Waals surface area contributed by atoms with Crippen LogP contribution in [0.15, 0.2) is 66.9 Å². The zero-order valence-electron chi connectivity index (χ0n) is 19.1. The van der Waals surface area contributed by atoms with Crippen LogP contribution >= 0.6 is 0 Å². The summed E-state index contributed by atoms with van der Waals surface area (Å²) in [6.45, 7) is 3.99. The lowest BCUT2D eigenvalue weighted by Crippen LogP contribution is -2.36. The molecule has 7 nitrogen and oxygen atoms in total. The first-order chi connectivity index (χ1) is 16.2. The standard InChI is InChI=1S/C26H29N3O4/c1-31-24-11-6-20(17-25(24)32-2)18-29(19-22-5-3-4-12-27-22)26(30)21-7-9-23(10-8-21)28-13-15-33-16-14-28/h3-12,17H,13-16,18-19H2,1-2H3. The number of rotatable bonds is 8. The Labute approximate surface area is 194 Å². The second kappa shape index (κ2) is 10.8. The molecule has 1 aromatic heterocycles. The summed E-state index contributed by atoms with van der Waals surface area (Å²) < 4.78 is 16.2. The van der Waals surface area contributed by atoms with Crippen molar-refractivity contribution in [1.82, 2.24) is 9.88 Å². The number of hydrogen-bond acceptors (Lipinski definition) is 6. The zero-order chi connectivity index (χ0) is 23.0. The van der Waals surface area contributed by atoms with Crippen LogP contribution in [-0.4, -0.2) is 56.3 Å². The van der Waals surface area contributed by atoms with Crippen LogP contribution in [0, 0.1) is 0 Å². The Morgan fingerprint density at radius 2 is 1.73 bits per heavy atom. The Balaban J connectivity index is 1.56. The SMILES string of the molecule is COc1ccc(CN(Cc2ccccn2)C(=O)c2ccc(N3CCOCC3)cc2)cc1OC. The van der Waals surface area contributed by atoms with Gasteiger partial charge in [0.25, 0.3) is 5.91 Å². The molecule has 33 heavy (non-hydrogen) atoms. The van der Waals surface area contributed by atoms with Crippen LogP contribution in [0.4, 0.5) is 5.69 Å². The molecular weight excluding hydrogens is 418 g/mol. The highest BCUT2D eigenvalue weighted by molar-refractivity contribution is 5.94. The van der Waals surface area contributed by atoms with Gasteiger partial charge in [-0.15, -0.1) is 0 Å². The monoisotopic (exact) mass is 447 g/mol. The van der Waals surface area contributed by atoms with Gasteiger partial charge in [0.05, 0.1) is 39.7 Å². The van der Waals surface area contributed by atoms with Crippen molar-refractivity contribution in [1.29, 1.82) is 0 Å². The molecule has 1 aliphatic heterocycles. The van der Waals surface area contributed by atoms with Gasteiger partial charge in [0.2, 0.25) is 0 Å². The van der Waals surface area contributed by atoms with Gasteiger partial charge in [-0.3, -0.25) is 9.78 Å². The molecule has 1 saturated heterocycles. The third kappa shape index (κ3) is 5.62. The van der Waals surface area contributed by atoms with Crippen molar-refractivity contribution in [2.24, 2.45) is 0 Å². The Hall–Kier alpha value is -3.58. The minimum Gasteiger partial charge on any atom is -0.493 e. The molecule has 0 saturated carbocycles. The Morgan fingerprint density at radius 1 is 0.970 bits per heavy atom. The number of anilines is 1. The lowest BCUT2D eigenvalue weighted by molar-refractivity contribution is 0.0727. The Morgan fingerprint density at radius 3 is 2.39 bits per heavy atom. The van der Waals surface area contributed by atoms with Gasteiger partial charge in [-0.05, 0) is 54.1 Å². The highest BCUT2D eigenvalue weighted by Gasteiger charge is 2.19. The quantitative estimate of drug-likeness (QED) is 0.524. The van der Waals surface area contributed by atoms with Crippen molar-refractivity contribution in [3.8, 4) is 11.5 Å². The molecule has 0 aliphatic carbocycles. The number of carbonyl (C=O) groups is 1. The maximum Gasteiger partial charge on any atom is 0.254 e. The third-order valence-corrected chi connectivity index (χ3v) is 5.68. The number of morpholine rings is 1. The van der Waals surface area contributed by atoms with E-state index in [1.807, 2.05) is 60.7 Å². The normalized spacial score (nSPS) is 13.5. The van der Waals surface area contributed by atoms with E-state index in [1.165, 1.54) is 0 Å². The van der Waals surface area contributed by atoms with Gasteiger partial charge in [-0.2, -0.15) is 0 Å². The highest BCUT2D eigenvalue weighted by atomic mass is 16.5. The van der Waals surface area contributed by atoms with Crippen LogP contribution in [0.2, 0.25) is 0 Å². The molecule has 0 spiro atoms. The van der Waals surface area contributed by atoms with Crippen molar-refractivity contribution < 1.29 is 19.0 Å². The van der Waals surface area contributed by atoms with E-state index >= 15 is 0 Å². The Kier molecular flexibility index (Phi) is 7.42. The first kappa shape index (κ1) is 22.6. The summed E-state index contributed by atoms with van der Waals surface area (Å²) in [4.78, 5) is 22.0. The van der Waals surface area contributed by atoms with Gasteiger partial charge in [0.15, 0.2) is 11.5 Å². The van der Waals surface area contributed by atoms with Crippen LogP contribution < -0.4 is 14.4 Å². The molecule has 1 fully saturated rings. The summed E-state index contributed by atoms with van der Waals surface area (Å²) in [5.74, 6) is 1.24. The molecule has 0 bridgehead atoms. The third-order valence-electron chi connectivity index (χ3n) is 5.68. The van der Waals surface area contributed by atoms with E-state index in [4.69, 9.17) is 14.2 Å². The van der Waals surface area contributed by atoms with E-state index in [0.717, 1.165) is 43.2 Å². The average molecular weight is 448 g/mol. The van der Waals surface area contributed by atoms with Gasteiger partial charge in [0, 0.05) is 37.1 Å². The van der Waals surface area contributed by atoms with Gasteiger partial charge >= 0.3 is 0 Å². The van der Waals surface area contributed by atoms with Crippen LogP contribution in [0.1, 0.15) is 21.6 Å². The van der Waals surface area contributed by atoms with E-state index in [1.54, 1.807) is 25.3 Å². The van der Waals surface area contributed by atoms with Gasteiger partial charge in [0.1, 0.15) is 0 Å². The number of benzene rings is 2. The average Bonchev–Trinajstić information content (AvgIpc) is 2.89. The van der Waals surface area contributed by atoms with Crippen LogP contribution in [-0.2, 0) is 17.8 Å². The summed E-state index contributed by atoms with van der Waals surface area (Å²) >= 11 is 0. The molecule has 1 aliphatic rings. The fraction of sp³-hybridized carbons (Fsp3) is 0.308. The number of pyridine rings is 1. The summed E-state index contributed by atoms with van der Waals surface area (Å²) in [5, 5.41) is 0. The maximum atomic E-state index is 13.5. The minimum absolute atomic E-state index is 0.0519. The lowest BCUT2D eigenvalue weighted by atomic mass is 10.1. The lowest BCUT2D eigenvalue weighted by Gasteiger charge is -2.29. The zero-order valence-corrected chi connectivity index (χ0v) is 19.1. The number of ether oxygens (including phenoxy) is 3. The number of hydrogen-bond donors (Lipinski definition) is 0. The van der Waals surface area contributed by atoms with Crippen molar-refractivity contribution in [3.05, 3.63) is 83.7 Å². The van der Waals surface area contributed by atoms with E-state index < -0.39 is 0 Å². The van der Waals surface area contributed by atoms with E-state index in [2.05, 4.69) is 9.88 Å². The fourth-order valence-corrected chi connectivity index (χ4v) is 3.91. The van der Waals surface area contributed by atoms with E-state index in [-0.39, 0.29) is 5.91 Å². The molecule has 0 N–H and O–H groups in total. The molecule has 4 rings (SSSR count). The van der Waals surface area contributed by atoms with Crippen molar-refractivity contribution in [2.75, 3.05) is 45.4 Å². The molecule has 7 heteroatoms. The predicted molar refractivity (Wildman–Crippen MR) is 127 cm³/mol. The molecule has 2 aromatic carbocycles. The van der Waals surface area contributed by atoms with Crippen LogP contribution in [0.5, 0.6) is 11.5 Å². The summed E-state index contributed by atoms with van der Waals surface area (Å²) in [7, 11) is 3.21. The second-order valence-electron chi connectivity index (χ2n) is 7.82. The first-order valence-electron chi connectivity index (χ1n) is 11.0. The molecule has 2 heterocycles. The van der Waals surface area contributed by atoms with Crippen LogP contribution in [0.25, 0.3) is 0 Å². The number of carbonyl (C=O) groups excluding carboxylic acids is 1. The number of methoxy groups -OCH3 is 2. The minimum atomic E-state index is -0.0519. The number of amides is 1. The number of aromatic nitrogens is 1. The van der Waals surface area contributed by atoms with Crippen molar-refractivity contribution in [3.63, 3.8) is 0 Å². The highest BCUT2D eigenvalue weighted by Crippen LogP contribution is 2.28. The Bertz CT molecular complexity index is 1050. The molecule has 172 valence electrons. The topological polar surface area (TPSA) is 64.1 Å². The molecule has 0 atom stereocenters. The van der Waals surface area contributed by atoms with Crippen molar-refractivity contribution >= 4 is 11.6 Å². The van der Waals surface area contributed by atoms with E-state index in [9.17, 15) is 4.79 Å². The molecule has 0 unspecified atom stereocenters. The van der Waals surface area contributed by atoms with Gasteiger partial charge < -0.3 is 24.0 Å². The largest absolute Gasteiger partial charge is 0.493 e. The summed E-state index contributed by atoms with van der Waals surface area (Å²) in [5.41, 5.74) is 3.52. The maximum absolute atomic E-state index is 13.5.